The summed E-state index contributed by atoms with van der Waals surface area (Å²) in [5.74, 6) is 0.594. The molecule has 0 unspecified atom stereocenters. The van der Waals surface area contributed by atoms with E-state index in [1.165, 1.54) is 11.3 Å². The predicted octanol–water partition coefficient (Wildman–Crippen LogP) is 3.72. The van der Waals surface area contributed by atoms with Crippen LogP contribution in [0.1, 0.15) is 45.4 Å². The Bertz CT molecular complexity index is 539. The summed E-state index contributed by atoms with van der Waals surface area (Å²) in [6.45, 7) is 9.58. The number of thiophene rings is 1. The molecule has 7 heteroatoms. The SMILES string of the molecule is CC(C)CCCNS(=O)(=O)c1cc(CNC(C)C)sc1Br. The van der Waals surface area contributed by atoms with Crippen molar-refractivity contribution < 1.29 is 8.42 Å². The van der Waals surface area contributed by atoms with Gasteiger partial charge in [0.2, 0.25) is 10.0 Å². The summed E-state index contributed by atoms with van der Waals surface area (Å²) in [6, 6.07) is 2.12. The van der Waals surface area contributed by atoms with Crippen LogP contribution in [-0.2, 0) is 16.6 Å². The first-order valence-electron chi connectivity index (χ1n) is 7.23. The maximum absolute atomic E-state index is 12.3. The molecule has 0 spiro atoms. The highest BCUT2D eigenvalue weighted by atomic mass is 79.9. The van der Waals surface area contributed by atoms with Crippen LogP contribution in [-0.4, -0.2) is 21.0 Å². The molecule has 21 heavy (non-hydrogen) atoms. The zero-order chi connectivity index (χ0) is 16.0. The lowest BCUT2D eigenvalue weighted by Crippen LogP contribution is -2.25. The van der Waals surface area contributed by atoms with Crippen LogP contribution in [0, 0.1) is 5.92 Å². The molecule has 0 aliphatic rings. The maximum atomic E-state index is 12.3. The molecule has 0 amide bonds. The van der Waals surface area contributed by atoms with Crippen molar-refractivity contribution >= 4 is 37.3 Å². The van der Waals surface area contributed by atoms with E-state index in [0.717, 1.165) is 17.7 Å². The van der Waals surface area contributed by atoms with Crippen LogP contribution in [0.4, 0.5) is 0 Å². The molecule has 1 aromatic heterocycles. The third kappa shape index (κ3) is 6.78. The summed E-state index contributed by atoms with van der Waals surface area (Å²) in [5, 5.41) is 3.29. The summed E-state index contributed by atoms with van der Waals surface area (Å²) in [4.78, 5) is 1.36. The van der Waals surface area contributed by atoms with Crippen molar-refractivity contribution in [3.63, 3.8) is 0 Å². The number of halogens is 1. The summed E-state index contributed by atoms with van der Waals surface area (Å²) in [6.07, 6.45) is 1.89. The second-order valence-corrected chi connectivity index (χ2v) is 10.0. The minimum absolute atomic E-state index is 0.345. The van der Waals surface area contributed by atoms with Crippen molar-refractivity contribution in [3.05, 3.63) is 14.7 Å². The lowest BCUT2D eigenvalue weighted by atomic mass is 10.1. The molecule has 122 valence electrons. The van der Waals surface area contributed by atoms with E-state index in [2.05, 4.69) is 53.7 Å². The van der Waals surface area contributed by atoms with Gasteiger partial charge in [0, 0.05) is 24.0 Å². The fourth-order valence-electron chi connectivity index (χ4n) is 1.77. The lowest BCUT2D eigenvalue weighted by molar-refractivity contribution is 0.540. The standard InChI is InChI=1S/C14H25BrN2O2S2/c1-10(2)6-5-7-17-21(18,19)13-8-12(20-14(13)15)9-16-11(3)4/h8,10-11,16-17H,5-7,9H2,1-4H3. The monoisotopic (exact) mass is 396 g/mol. The van der Waals surface area contributed by atoms with Gasteiger partial charge in [-0.05, 0) is 40.8 Å². The number of hydrogen-bond donors (Lipinski definition) is 2. The van der Waals surface area contributed by atoms with E-state index in [4.69, 9.17) is 0 Å². The summed E-state index contributed by atoms with van der Waals surface area (Å²) in [7, 11) is -3.42. The number of sulfonamides is 1. The van der Waals surface area contributed by atoms with Gasteiger partial charge in [0.1, 0.15) is 4.90 Å². The largest absolute Gasteiger partial charge is 0.310 e. The molecule has 1 aromatic rings. The molecular formula is C14H25BrN2O2S2. The van der Waals surface area contributed by atoms with E-state index in [1.807, 2.05) is 0 Å². The smallest absolute Gasteiger partial charge is 0.242 e. The Kier molecular flexibility index (Phi) is 7.84. The van der Waals surface area contributed by atoms with Crippen LogP contribution in [0.25, 0.3) is 0 Å². The second-order valence-electron chi connectivity index (χ2n) is 5.82. The fraction of sp³-hybridized carbons (Fsp3) is 0.714. The molecule has 4 nitrogen and oxygen atoms in total. The summed E-state index contributed by atoms with van der Waals surface area (Å²) in [5.41, 5.74) is 0. The van der Waals surface area contributed by atoms with Gasteiger partial charge >= 0.3 is 0 Å². The van der Waals surface area contributed by atoms with Gasteiger partial charge in [0.15, 0.2) is 0 Å². The Balaban J connectivity index is 2.65. The zero-order valence-electron chi connectivity index (χ0n) is 13.1. The van der Waals surface area contributed by atoms with Gasteiger partial charge in [-0.3, -0.25) is 0 Å². The molecule has 1 rings (SSSR count). The first-order valence-corrected chi connectivity index (χ1v) is 10.3. The lowest BCUT2D eigenvalue weighted by Gasteiger charge is -2.07. The van der Waals surface area contributed by atoms with Gasteiger partial charge in [-0.1, -0.05) is 27.7 Å². The van der Waals surface area contributed by atoms with E-state index >= 15 is 0 Å². The van der Waals surface area contributed by atoms with Crippen molar-refractivity contribution in [2.45, 2.75) is 58.0 Å². The van der Waals surface area contributed by atoms with Crippen LogP contribution >= 0.6 is 27.3 Å². The van der Waals surface area contributed by atoms with Crippen molar-refractivity contribution in [2.75, 3.05) is 6.54 Å². The van der Waals surface area contributed by atoms with E-state index in [1.54, 1.807) is 6.07 Å². The second kappa shape index (κ2) is 8.62. The summed E-state index contributed by atoms with van der Waals surface area (Å²) < 4.78 is 27.9. The predicted molar refractivity (Wildman–Crippen MR) is 93.3 cm³/mol. The van der Waals surface area contributed by atoms with Crippen molar-refractivity contribution in [1.29, 1.82) is 0 Å². The third-order valence-corrected chi connectivity index (χ3v) is 6.64. The molecule has 0 aromatic carbocycles. The molecule has 0 aliphatic heterocycles. The van der Waals surface area contributed by atoms with Crippen molar-refractivity contribution in [1.82, 2.24) is 10.0 Å². The normalized spacial score (nSPS) is 12.5. The Morgan fingerprint density at radius 2 is 1.95 bits per heavy atom. The fourth-order valence-corrected chi connectivity index (χ4v) is 5.47. The first kappa shape index (κ1) is 19.1. The van der Waals surface area contributed by atoms with Crippen LogP contribution in [0.3, 0.4) is 0 Å². The van der Waals surface area contributed by atoms with Crippen LogP contribution < -0.4 is 10.0 Å². The Hall–Kier alpha value is 0.0500. The molecular weight excluding hydrogens is 372 g/mol. The van der Waals surface area contributed by atoms with Gasteiger partial charge in [0.05, 0.1) is 3.79 Å². The Labute approximate surface area is 140 Å². The first-order chi connectivity index (χ1) is 9.72. The van der Waals surface area contributed by atoms with Crippen LogP contribution in [0.2, 0.25) is 0 Å². The highest BCUT2D eigenvalue weighted by Crippen LogP contribution is 2.31. The number of rotatable bonds is 9. The van der Waals surface area contributed by atoms with Gasteiger partial charge in [-0.25, -0.2) is 13.1 Å². The quantitative estimate of drug-likeness (QED) is 0.625. The van der Waals surface area contributed by atoms with E-state index in [0.29, 0.717) is 33.7 Å². The van der Waals surface area contributed by atoms with Crippen LogP contribution in [0.15, 0.2) is 14.7 Å². The maximum Gasteiger partial charge on any atom is 0.242 e. The molecule has 0 bridgehead atoms. The third-order valence-electron chi connectivity index (χ3n) is 2.93. The van der Waals surface area contributed by atoms with Gasteiger partial charge in [0.25, 0.3) is 0 Å². The van der Waals surface area contributed by atoms with E-state index < -0.39 is 10.0 Å². The molecule has 0 saturated carbocycles. The molecule has 0 saturated heterocycles. The highest BCUT2D eigenvalue weighted by molar-refractivity contribution is 9.11. The Morgan fingerprint density at radius 3 is 2.52 bits per heavy atom. The van der Waals surface area contributed by atoms with E-state index in [-0.39, 0.29) is 0 Å². The minimum atomic E-state index is -3.42. The van der Waals surface area contributed by atoms with Crippen molar-refractivity contribution in [2.24, 2.45) is 5.92 Å². The zero-order valence-corrected chi connectivity index (χ0v) is 16.3. The molecule has 0 radical (unpaired) electrons. The molecule has 0 fully saturated rings. The topological polar surface area (TPSA) is 58.2 Å². The van der Waals surface area contributed by atoms with Crippen molar-refractivity contribution in [3.8, 4) is 0 Å². The minimum Gasteiger partial charge on any atom is -0.310 e. The van der Waals surface area contributed by atoms with E-state index in [9.17, 15) is 8.42 Å². The number of nitrogens with one attached hydrogen (secondary N) is 2. The van der Waals surface area contributed by atoms with Gasteiger partial charge in [-0.2, -0.15) is 0 Å². The molecule has 0 atom stereocenters. The van der Waals surface area contributed by atoms with Gasteiger partial charge < -0.3 is 5.32 Å². The highest BCUT2D eigenvalue weighted by Gasteiger charge is 2.20. The average molecular weight is 397 g/mol. The number of hydrogen-bond acceptors (Lipinski definition) is 4. The van der Waals surface area contributed by atoms with Gasteiger partial charge in [-0.15, -0.1) is 11.3 Å². The Morgan fingerprint density at radius 1 is 1.29 bits per heavy atom. The molecule has 1 heterocycles. The van der Waals surface area contributed by atoms with Crippen LogP contribution in [0.5, 0.6) is 0 Å². The summed E-state index contributed by atoms with van der Waals surface area (Å²) >= 11 is 4.83. The average Bonchev–Trinajstić information content (AvgIpc) is 2.74. The molecule has 0 aliphatic carbocycles. The molecule has 2 N–H and O–H groups in total.